The molecular formula is C11H17N5O2. The van der Waals surface area contributed by atoms with Gasteiger partial charge in [0, 0.05) is 13.6 Å². The van der Waals surface area contributed by atoms with E-state index in [2.05, 4.69) is 34.2 Å². The third kappa shape index (κ3) is 3.56. The monoisotopic (exact) mass is 251 g/mol. The van der Waals surface area contributed by atoms with Crippen molar-refractivity contribution in [3.63, 3.8) is 0 Å². The largest absolute Gasteiger partial charge is 0.417 e. The van der Waals surface area contributed by atoms with Gasteiger partial charge in [-0.3, -0.25) is 4.68 Å². The Balaban J connectivity index is 1.86. The van der Waals surface area contributed by atoms with Crippen molar-refractivity contribution in [2.24, 2.45) is 13.0 Å². The van der Waals surface area contributed by atoms with Gasteiger partial charge >= 0.3 is 12.1 Å². The van der Waals surface area contributed by atoms with Crippen LogP contribution in [0.25, 0.3) is 0 Å². The highest BCUT2D eigenvalue weighted by Crippen LogP contribution is 2.16. The number of hydrogen-bond donors (Lipinski definition) is 1. The fourth-order valence-corrected chi connectivity index (χ4v) is 1.35. The molecule has 0 spiro atoms. The highest BCUT2D eigenvalue weighted by Gasteiger charge is 2.09. The van der Waals surface area contributed by atoms with Crippen LogP contribution in [-0.4, -0.2) is 26.3 Å². The first-order valence-electron chi connectivity index (χ1n) is 5.82. The summed E-state index contributed by atoms with van der Waals surface area (Å²) in [4.78, 5) is 8.09. The van der Waals surface area contributed by atoms with Crippen LogP contribution in [-0.2, 0) is 13.6 Å². The molecule has 7 nitrogen and oxygen atoms in total. The fourth-order valence-electron chi connectivity index (χ4n) is 1.35. The van der Waals surface area contributed by atoms with Gasteiger partial charge in [0.2, 0.25) is 0 Å². The molecule has 0 aromatic carbocycles. The molecule has 0 atom stereocenters. The number of aryl methyl sites for hydroxylation is 1. The topological polar surface area (TPSA) is 78.0 Å². The van der Waals surface area contributed by atoms with E-state index in [1.165, 1.54) is 0 Å². The maximum Gasteiger partial charge on any atom is 0.401 e. The molecule has 2 aromatic heterocycles. The van der Waals surface area contributed by atoms with Gasteiger partial charge in [-0.15, -0.1) is 5.10 Å². The van der Waals surface area contributed by atoms with Crippen molar-refractivity contribution < 1.29 is 9.15 Å². The maximum absolute atomic E-state index is 5.26. The molecule has 0 saturated carbocycles. The van der Waals surface area contributed by atoms with E-state index in [-0.39, 0.29) is 12.1 Å². The van der Waals surface area contributed by atoms with Crippen molar-refractivity contribution >= 4 is 0 Å². The van der Waals surface area contributed by atoms with Crippen LogP contribution in [0.15, 0.2) is 17.0 Å². The molecule has 0 saturated heterocycles. The Morgan fingerprint density at radius 1 is 1.50 bits per heavy atom. The molecule has 0 fully saturated rings. The first-order chi connectivity index (χ1) is 8.63. The predicted molar refractivity (Wildman–Crippen MR) is 64.1 cm³/mol. The predicted octanol–water partition coefficient (Wildman–Crippen LogP) is 1.34. The van der Waals surface area contributed by atoms with Gasteiger partial charge in [0.15, 0.2) is 0 Å². The minimum Gasteiger partial charge on any atom is -0.417 e. The zero-order valence-corrected chi connectivity index (χ0v) is 10.8. The Morgan fingerprint density at radius 2 is 2.33 bits per heavy atom. The smallest absolute Gasteiger partial charge is 0.401 e. The molecule has 7 heteroatoms. The number of nitrogens with one attached hydrogen (secondary N) is 1. The molecule has 2 heterocycles. The van der Waals surface area contributed by atoms with Crippen LogP contribution in [0, 0.1) is 5.92 Å². The van der Waals surface area contributed by atoms with Crippen molar-refractivity contribution in [1.82, 2.24) is 25.1 Å². The lowest BCUT2D eigenvalue weighted by atomic mass is 10.2. The van der Waals surface area contributed by atoms with E-state index in [9.17, 15) is 0 Å². The zero-order chi connectivity index (χ0) is 13.0. The van der Waals surface area contributed by atoms with Crippen LogP contribution in [0.4, 0.5) is 0 Å². The molecular weight excluding hydrogens is 234 g/mol. The van der Waals surface area contributed by atoms with E-state index < -0.39 is 0 Å². The van der Waals surface area contributed by atoms with Gasteiger partial charge in [-0.05, 0) is 12.5 Å². The minimum absolute atomic E-state index is 0.155. The Kier molecular flexibility index (Phi) is 3.93. The highest BCUT2D eigenvalue weighted by atomic mass is 16.6. The molecule has 0 aliphatic heterocycles. The van der Waals surface area contributed by atoms with Gasteiger partial charge in [0.05, 0.1) is 5.69 Å². The fraction of sp³-hybridized carbons (Fsp3) is 0.545. The van der Waals surface area contributed by atoms with E-state index in [0.717, 1.165) is 12.2 Å². The molecule has 0 radical (unpaired) electrons. The number of nitrogens with zero attached hydrogens (tertiary/aromatic N) is 4. The van der Waals surface area contributed by atoms with Crippen LogP contribution in [0.2, 0.25) is 0 Å². The summed E-state index contributed by atoms with van der Waals surface area (Å²) in [6.07, 6.45) is 3.26. The van der Waals surface area contributed by atoms with Gasteiger partial charge in [0.1, 0.15) is 12.6 Å². The average molecular weight is 251 g/mol. The highest BCUT2D eigenvalue weighted by molar-refractivity contribution is 5.04. The molecule has 0 bridgehead atoms. The number of aromatic nitrogens is 4. The summed E-state index contributed by atoms with van der Waals surface area (Å²) in [7, 11) is 1.76. The molecule has 0 aliphatic rings. The van der Waals surface area contributed by atoms with E-state index in [0.29, 0.717) is 12.5 Å². The van der Waals surface area contributed by atoms with Gasteiger partial charge in [-0.1, -0.05) is 13.8 Å². The quantitative estimate of drug-likeness (QED) is 0.834. The zero-order valence-electron chi connectivity index (χ0n) is 10.8. The summed E-state index contributed by atoms with van der Waals surface area (Å²) in [5.74, 6) is 0.602. The normalized spacial score (nSPS) is 11.1. The molecule has 2 rings (SSSR count). The second kappa shape index (κ2) is 5.63. The van der Waals surface area contributed by atoms with E-state index in [1.54, 1.807) is 24.3 Å². The number of rotatable bonds is 6. The lowest BCUT2D eigenvalue weighted by Gasteiger charge is -2.04. The van der Waals surface area contributed by atoms with Crippen LogP contribution < -0.4 is 10.1 Å². The van der Waals surface area contributed by atoms with Crippen molar-refractivity contribution in [3.8, 4) is 12.1 Å². The van der Waals surface area contributed by atoms with Crippen molar-refractivity contribution in [3.05, 3.63) is 18.3 Å². The third-order valence-electron chi connectivity index (χ3n) is 2.15. The first-order valence-corrected chi connectivity index (χ1v) is 5.82. The summed E-state index contributed by atoms with van der Waals surface area (Å²) >= 11 is 0. The lowest BCUT2D eigenvalue weighted by Crippen LogP contribution is -2.19. The van der Waals surface area contributed by atoms with Crippen LogP contribution in [0.1, 0.15) is 19.5 Å². The van der Waals surface area contributed by atoms with E-state index in [1.807, 2.05) is 0 Å². The van der Waals surface area contributed by atoms with E-state index in [4.69, 9.17) is 9.15 Å². The van der Waals surface area contributed by atoms with E-state index >= 15 is 0 Å². The van der Waals surface area contributed by atoms with Gasteiger partial charge in [-0.25, -0.2) is 0 Å². The van der Waals surface area contributed by atoms with Crippen molar-refractivity contribution in [2.45, 2.75) is 20.4 Å². The van der Waals surface area contributed by atoms with Crippen molar-refractivity contribution in [2.75, 3.05) is 6.54 Å². The average Bonchev–Trinajstić information content (AvgIpc) is 2.89. The second-order valence-electron chi connectivity index (χ2n) is 4.43. The van der Waals surface area contributed by atoms with Gasteiger partial charge in [-0.2, -0.15) is 9.97 Å². The lowest BCUT2D eigenvalue weighted by molar-refractivity contribution is 0.311. The Morgan fingerprint density at radius 3 is 3.00 bits per heavy atom. The summed E-state index contributed by atoms with van der Waals surface area (Å²) in [6.45, 7) is 5.89. The first kappa shape index (κ1) is 12.6. The van der Waals surface area contributed by atoms with Gasteiger partial charge in [0.25, 0.3) is 0 Å². The Bertz CT molecular complexity index is 491. The summed E-state index contributed by atoms with van der Waals surface area (Å²) in [6, 6.07) is 0.223. The van der Waals surface area contributed by atoms with Crippen LogP contribution in [0.3, 0.4) is 0 Å². The maximum atomic E-state index is 5.26. The molecule has 0 aliphatic carbocycles. The summed E-state index contributed by atoms with van der Waals surface area (Å²) < 4.78 is 12.0. The Hall–Kier alpha value is -1.89. The third-order valence-corrected chi connectivity index (χ3v) is 2.15. The molecule has 0 unspecified atom stereocenters. The molecule has 2 aromatic rings. The second-order valence-corrected chi connectivity index (χ2v) is 4.43. The van der Waals surface area contributed by atoms with Crippen LogP contribution in [0.5, 0.6) is 12.1 Å². The van der Waals surface area contributed by atoms with Crippen molar-refractivity contribution in [1.29, 1.82) is 0 Å². The standard InChI is InChI=1S/C11H17N5O2/c1-8(2)4-12-5-9-6-17-11(14-9)18-10-13-7-16(3)15-10/h6-8,12H,4-5H2,1-3H3. The number of oxazole rings is 1. The summed E-state index contributed by atoms with van der Waals surface area (Å²) in [5, 5.41) is 7.24. The minimum atomic E-state index is 0.155. The van der Waals surface area contributed by atoms with Gasteiger partial charge < -0.3 is 14.5 Å². The Labute approximate surface area is 105 Å². The van der Waals surface area contributed by atoms with Crippen LogP contribution >= 0.6 is 0 Å². The number of hydrogen-bond acceptors (Lipinski definition) is 6. The summed E-state index contributed by atoms with van der Waals surface area (Å²) in [5.41, 5.74) is 0.793. The number of ether oxygens (including phenoxy) is 1. The molecule has 1 N–H and O–H groups in total. The molecule has 98 valence electrons. The SMILES string of the molecule is CC(C)CNCc1coc(Oc2ncn(C)n2)n1. The molecule has 18 heavy (non-hydrogen) atoms. The molecule has 0 amide bonds.